The van der Waals surface area contributed by atoms with Gasteiger partial charge in [-0.05, 0) is 37.8 Å². The fourth-order valence-electron chi connectivity index (χ4n) is 3.99. The van der Waals surface area contributed by atoms with Crippen molar-refractivity contribution in [3.05, 3.63) is 18.1 Å². The Morgan fingerprint density at radius 1 is 1.26 bits per heavy atom. The Hall–Kier alpha value is -1.70. The first kappa shape index (κ1) is 14.9. The number of rotatable bonds is 2. The van der Waals surface area contributed by atoms with Crippen molar-refractivity contribution in [2.24, 2.45) is 11.7 Å². The van der Waals surface area contributed by atoms with Gasteiger partial charge in [0.1, 0.15) is 23.9 Å². The first-order chi connectivity index (χ1) is 11.2. The molecule has 1 aliphatic heterocycles. The van der Waals surface area contributed by atoms with Gasteiger partial charge in [0.2, 0.25) is 0 Å². The summed E-state index contributed by atoms with van der Waals surface area (Å²) in [6.45, 7) is 1.29. The Bertz CT molecular complexity index is 716. The lowest BCUT2D eigenvalue weighted by atomic mass is 10.1. The van der Waals surface area contributed by atoms with Crippen molar-refractivity contribution in [1.82, 2.24) is 14.5 Å². The van der Waals surface area contributed by atoms with Crippen molar-refractivity contribution in [2.75, 3.05) is 18.4 Å². The lowest BCUT2D eigenvalue weighted by Gasteiger charge is -2.19. The molecule has 0 bridgehead atoms. The molecule has 2 aromatic rings. The summed E-state index contributed by atoms with van der Waals surface area (Å²) in [4.78, 5) is 8.84. The van der Waals surface area contributed by atoms with E-state index >= 15 is 0 Å². The lowest BCUT2D eigenvalue weighted by Crippen LogP contribution is -2.31. The van der Waals surface area contributed by atoms with Crippen molar-refractivity contribution >= 4 is 16.9 Å². The molecule has 0 aromatic carbocycles. The van der Waals surface area contributed by atoms with Crippen LogP contribution in [0.15, 0.2) is 12.5 Å². The molecule has 4 atom stereocenters. The van der Waals surface area contributed by atoms with E-state index in [4.69, 9.17) is 5.73 Å². The van der Waals surface area contributed by atoms with Crippen molar-refractivity contribution < 1.29 is 10.2 Å². The van der Waals surface area contributed by atoms with Gasteiger partial charge in [0.05, 0.1) is 17.5 Å². The second kappa shape index (κ2) is 5.74. The van der Waals surface area contributed by atoms with Gasteiger partial charge in [0.25, 0.3) is 0 Å². The quantitative estimate of drug-likeness (QED) is 0.639. The van der Waals surface area contributed by atoms with Gasteiger partial charge in [-0.2, -0.15) is 0 Å². The second-order valence-electron chi connectivity index (χ2n) is 6.65. The zero-order chi connectivity index (χ0) is 16.0. The number of anilines is 1. The summed E-state index contributed by atoms with van der Waals surface area (Å²) < 4.78 is 2.02. The third kappa shape index (κ3) is 2.31. The van der Waals surface area contributed by atoms with E-state index in [0.717, 1.165) is 42.7 Å². The fourth-order valence-corrected chi connectivity index (χ4v) is 3.99. The topological polar surface area (TPSA) is 109 Å². The summed E-state index contributed by atoms with van der Waals surface area (Å²) in [7, 11) is 0. The molecule has 2 aromatic heterocycles. The highest BCUT2D eigenvalue weighted by molar-refractivity contribution is 5.91. The van der Waals surface area contributed by atoms with Gasteiger partial charge >= 0.3 is 0 Å². The van der Waals surface area contributed by atoms with E-state index < -0.39 is 12.2 Å². The molecule has 23 heavy (non-hydrogen) atoms. The van der Waals surface area contributed by atoms with Crippen LogP contribution >= 0.6 is 0 Å². The van der Waals surface area contributed by atoms with Gasteiger partial charge in [-0.25, -0.2) is 9.97 Å². The van der Waals surface area contributed by atoms with E-state index in [9.17, 15) is 10.2 Å². The van der Waals surface area contributed by atoms with E-state index in [1.165, 1.54) is 5.56 Å². The standard InChI is InChI=1S/C16H23N5O2/c17-6-10-5-11(14(23)13(10)22)21-7-9-3-1-2-4-18-15-12(9)16(21)20-8-19-15/h7-8,10-11,13-14,22-23H,1-6,17H2,(H,18,19,20)/t10-,11-,13-,14+/m1/s1. The van der Waals surface area contributed by atoms with Crippen LogP contribution in [0.2, 0.25) is 0 Å². The molecule has 1 fully saturated rings. The van der Waals surface area contributed by atoms with Gasteiger partial charge in [0.15, 0.2) is 0 Å². The SMILES string of the molecule is NC[C@H]1C[C@@H](n2cc3c4c(ncnc42)NCCCC3)[C@H](O)[C@@H]1O. The Labute approximate surface area is 134 Å². The zero-order valence-electron chi connectivity index (χ0n) is 13.0. The number of aromatic nitrogens is 3. The molecule has 0 amide bonds. The Kier molecular flexibility index (Phi) is 3.71. The van der Waals surface area contributed by atoms with Crippen LogP contribution in [0.25, 0.3) is 11.0 Å². The maximum atomic E-state index is 10.5. The number of hydrogen-bond acceptors (Lipinski definition) is 6. The monoisotopic (exact) mass is 317 g/mol. The van der Waals surface area contributed by atoms with E-state index in [-0.39, 0.29) is 12.0 Å². The number of aliphatic hydroxyl groups is 2. The van der Waals surface area contributed by atoms with Crippen LogP contribution in [0.1, 0.15) is 30.9 Å². The summed E-state index contributed by atoms with van der Waals surface area (Å²) in [5.74, 6) is 0.790. The van der Waals surface area contributed by atoms with Crippen molar-refractivity contribution in [3.8, 4) is 0 Å². The van der Waals surface area contributed by atoms with Crippen molar-refractivity contribution in [2.45, 2.75) is 43.9 Å². The molecule has 124 valence electrons. The molecule has 1 saturated carbocycles. The molecular weight excluding hydrogens is 294 g/mol. The maximum Gasteiger partial charge on any atom is 0.146 e. The molecule has 0 saturated heterocycles. The Morgan fingerprint density at radius 3 is 2.91 bits per heavy atom. The molecule has 0 unspecified atom stereocenters. The van der Waals surface area contributed by atoms with Crippen molar-refractivity contribution in [1.29, 1.82) is 0 Å². The molecule has 4 rings (SSSR count). The number of aryl methyl sites for hydroxylation is 1. The third-order valence-electron chi connectivity index (χ3n) is 5.28. The number of nitrogens with one attached hydrogen (secondary N) is 1. The first-order valence-corrected chi connectivity index (χ1v) is 8.35. The highest BCUT2D eigenvalue weighted by Crippen LogP contribution is 2.39. The van der Waals surface area contributed by atoms with Crippen LogP contribution in [0, 0.1) is 5.92 Å². The van der Waals surface area contributed by atoms with Crippen LogP contribution in [-0.4, -0.2) is 50.0 Å². The van der Waals surface area contributed by atoms with E-state index in [1.807, 2.05) is 4.57 Å². The molecule has 7 heteroatoms. The van der Waals surface area contributed by atoms with Crippen LogP contribution in [0.3, 0.4) is 0 Å². The maximum absolute atomic E-state index is 10.5. The molecular formula is C16H23N5O2. The minimum atomic E-state index is -0.816. The summed E-state index contributed by atoms with van der Waals surface area (Å²) in [5.41, 5.74) is 7.77. The minimum absolute atomic E-state index is 0.0778. The van der Waals surface area contributed by atoms with Gasteiger partial charge in [-0.3, -0.25) is 0 Å². The summed E-state index contributed by atoms with van der Waals surface area (Å²) in [5, 5.41) is 25.1. The Morgan fingerprint density at radius 2 is 2.13 bits per heavy atom. The van der Waals surface area contributed by atoms with Crippen LogP contribution < -0.4 is 11.1 Å². The zero-order valence-corrected chi connectivity index (χ0v) is 13.0. The summed E-state index contributed by atoms with van der Waals surface area (Å²) >= 11 is 0. The molecule has 5 N–H and O–H groups in total. The molecule has 1 aliphatic carbocycles. The van der Waals surface area contributed by atoms with E-state index in [1.54, 1.807) is 6.33 Å². The van der Waals surface area contributed by atoms with E-state index in [0.29, 0.717) is 13.0 Å². The van der Waals surface area contributed by atoms with E-state index in [2.05, 4.69) is 21.5 Å². The minimum Gasteiger partial charge on any atom is -0.390 e. The average molecular weight is 317 g/mol. The molecule has 7 nitrogen and oxygen atoms in total. The highest BCUT2D eigenvalue weighted by atomic mass is 16.3. The van der Waals surface area contributed by atoms with Gasteiger partial charge in [0, 0.05) is 18.7 Å². The van der Waals surface area contributed by atoms with Gasteiger partial charge < -0.3 is 25.8 Å². The molecule has 2 aliphatic rings. The number of hydrogen-bond donors (Lipinski definition) is 4. The van der Waals surface area contributed by atoms with Crippen molar-refractivity contribution in [3.63, 3.8) is 0 Å². The number of nitrogens with zero attached hydrogens (tertiary/aromatic N) is 3. The van der Waals surface area contributed by atoms with Gasteiger partial charge in [-0.15, -0.1) is 0 Å². The molecule has 0 spiro atoms. The van der Waals surface area contributed by atoms with Crippen LogP contribution in [-0.2, 0) is 6.42 Å². The second-order valence-corrected chi connectivity index (χ2v) is 6.65. The Balaban J connectivity index is 1.83. The lowest BCUT2D eigenvalue weighted by molar-refractivity contribution is 0.00820. The van der Waals surface area contributed by atoms with Crippen LogP contribution in [0.5, 0.6) is 0 Å². The first-order valence-electron chi connectivity index (χ1n) is 8.35. The van der Waals surface area contributed by atoms with Crippen LogP contribution in [0.4, 0.5) is 5.82 Å². The fraction of sp³-hybridized carbons (Fsp3) is 0.625. The number of aliphatic hydroxyl groups excluding tert-OH is 2. The highest BCUT2D eigenvalue weighted by Gasteiger charge is 2.42. The number of nitrogens with two attached hydrogens (primary N) is 1. The summed E-state index contributed by atoms with van der Waals surface area (Å²) in [6.07, 6.45) is 5.91. The molecule has 0 radical (unpaired) electrons. The van der Waals surface area contributed by atoms with Gasteiger partial charge in [-0.1, -0.05) is 0 Å². The average Bonchev–Trinajstić information content (AvgIpc) is 3.04. The normalized spacial score (nSPS) is 30.9. The predicted octanol–water partition coefficient (Wildman–Crippen LogP) is 0.421. The molecule has 3 heterocycles. The summed E-state index contributed by atoms with van der Waals surface area (Å²) in [6, 6.07) is -0.196. The third-order valence-corrected chi connectivity index (χ3v) is 5.28. The largest absolute Gasteiger partial charge is 0.390 e. The smallest absolute Gasteiger partial charge is 0.146 e. The predicted molar refractivity (Wildman–Crippen MR) is 87.2 cm³/mol.